The minimum Gasteiger partial charge on any atom is -0.389 e. The van der Waals surface area contributed by atoms with Gasteiger partial charge in [-0.1, -0.05) is 13.8 Å². The van der Waals surface area contributed by atoms with Crippen LogP contribution in [0.4, 0.5) is 4.79 Å². The van der Waals surface area contributed by atoms with Gasteiger partial charge in [-0.05, 0) is 19.8 Å². The first-order valence-electron chi connectivity index (χ1n) is 5.72. The molecule has 0 fully saturated rings. The van der Waals surface area contributed by atoms with Crippen LogP contribution in [0.2, 0.25) is 0 Å². The van der Waals surface area contributed by atoms with Crippen LogP contribution >= 0.6 is 0 Å². The lowest BCUT2D eigenvalue weighted by Crippen LogP contribution is -2.43. The Labute approximate surface area is 97.6 Å². The molecule has 0 saturated carbocycles. The van der Waals surface area contributed by atoms with Crippen molar-refractivity contribution in [3.05, 3.63) is 0 Å². The van der Waals surface area contributed by atoms with E-state index in [4.69, 9.17) is 4.74 Å². The average Bonchev–Trinajstić information content (AvgIpc) is 2.13. The molecule has 0 radical (unpaired) electrons. The third kappa shape index (κ3) is 9.73. The van der Waals surface area contributed by atoms with Crippen molar-refractivity contribution in [3.63, 3.8) is 0 Å². The highest BCUT2D eigenvalue weighted by Crippen LogP contribution is 1.93. The molecular weight excluding hydrogens is 208 g/mol. The zero-order valence-electron chi connectivity index (χ0n) is 10.6. The van der Waals surface area contributed by atoms with Crippen molar-refractivity contribution in [1.82, 2.24) is 10.6 Å². The first-order valence-corrected chi connectivity index (χ1v) is 5.72. The van der Waals surface area contributed by atoms with Gasteiger partial charge in [0, 0.05) is 19.2 Å². The van der Waals surface area contributed by atoms with Gasteiger partial charge in [-0.25, -0.2) is 4.79 Å². The van der Waals surface area contributed by atoms with E-state index >= 15 is 0 Å². The molecule has 0 heterocycles. The Morgan fingerprint density at radius 1 is 1.25 bits per heavy atom. The van der Waals surface area contributed by atoms with Gasteiger partial charge in [-0.2, -0.15) is 0 Å². The molecule has 0 aromatic carbocycles. The molecule has 0 aromatic heterocycles. The number of nitrogens with one attached hydrogen (secondary N) is 2. The van der Waals surface area contributed by atoms with E-state index in [9.17, 15) is 9.90 Å². The number of aliphatic hydroxyl groups is 1. The summed E-state index contributed by atoms with van der Waals surface area (Å²) in [6.07, 6.45) is -0.656. The van der Waals surface area contributed by atoms with Gasteiger partial charge in [0.25, 0.3) is 0 Å². The highest BCUT2D eigenvalue weighted by molar-refractivity contribution is 5.74. The maximum Gasteiger partial charge on any atom is 0.315 e. The molecule has 0 aliphatic rings. The van der Waals surface area contributed by atoms with Crippen LogP contribution in [-0.4, -0.2) is 43.0 Å². The maximum atomic E-state index is 11.2. The second-order valence-corrected chi connectivity index (χ2v) is 4.59. The van der Waals surface area contributed by atoms with Gasteiger partial charge in [0.2, 0.25) is 0 Å². The number of amides is 2. The Kier molecular flexibility index (Phi) is 7.93. The number of ether oxygens (including phenoxy) is 1. The number of hydrogen-bond donors (Lipinski definition) is 3. The standard InChI is InChI=1S/C11H24N2O3/c1-8(2)6-16-7-10(14)5-12-11(15)13-9(3)4/h8-10,14H,5-7H2,1-4H3,(H2,12,13,15). The van der Waals surface area contributed by atoms with E-state index in [1.54, 1.807) is 0 Å². The molecule has 0 aliphatic heterocycles. The molecule has 5 heteroatoms. The van der Waals surface area contributed by atoms with E-state index in [2.05, 4.69) is 10.6 Å². The van der Waals surface area contributed by atoms with E-state index in [0.717, 1.165) is 0 Å². The normalized spacial score (nSPS) is 12.9. The molecule has 0 bridgehead atoms. The molecule has 1 atom stereocenters. The Morgan fingerprint density at radius 2 is 1.88 bits per heavy atom. The fourth-order valence-electron chi connectivity index (χ4n) is 1.02. The lowest BCUT2D eigenvalue weighted by Gasteiger charge is -2.14. The molecule has 0 rings (SSSR count). The van der Waals surface area contributed by atoms with Crippen molar-refractivity contribution < 1.29 is 14.6 Å². The quantitative estimate of drug-likeness (QED) is 0.606. The summed E-state index contributed by atoms with van der Waals surface area (Å²) >= 11 is 0. The van der Waals surface area contributed by atoms with Crippen molar-refractivity contribution in [2.45, 2.75) is 39.8 Å². The SMILES string of the molecule is CC(C)COCC(O)CNC(=O)NC(C)C. The van der Waals surface area contributed by atoms with Gasteiger partial charge in [0.05, 0.1) is 12.7 Å². The van der Waals surface area contributed by atoms with Gasteiger partial charge in [0.1, 0.15) is 0 Å². The molecule has 16 heavy (non-hydrogen) atoms. The summed E-state index contributed by atoms with van der Waals surface area (Å²) in [7, 11) is 0. The van der Waals surface area contributed by atoms with Crippen LogP contribution in [0.15, 0.2) is 0 Å². The van der Waals surface area contributed by atoms with E-state index < -0.39 is 6.10 Å². The predicted molar refractivity (Wildman–Crippen MR) is 63.3 cm³/mol. The van der Waals surface area contributed by atoms with Gasteiger partial charge in [-0.3, -0.25) is 0 Å². The second-order valence-electron chi connectivity index (χ2n) is 4.59. The fourth-order valence-corrected chi connectivity index (χ4v) is 1.02. The highest BCUT2D eigenvalue weighted by Gasteiger charge is 2.08. The third-order valence-electron chi connectivity index (χ3n) is 1.68. The Hall–Kier alpha value is -0.810. The predicted octanol–water partition coefficient (Wildman–Crippen LogP) is 0.727. The minimum atomic E-state index is -0.656. The summed E-state index contributed by atoms with van der Waals surface area (Å²) in [6.45, 7) is 8.91. The number of urea groups is 1. The number of carbonyl (C=O) groups excluding carboxylic acids is 1. The van der Waals surface area contributed by atoms with Crippen LogP contribution in [0.1, 0.15) is 27.7 Å². The van der Waals surface area contributed by atoms with Crippen LogP contribution < -0.4 is 10.6 Å². The summed E-state index contributed by atoms with van der Waals surface area (Å²) in [6, 6.07) is -0.174. The Bertz CT molecular complexity index is 196. The molecule has 2 amide bonds. The summed E-state index contributed by atoms with van der Waals surface area (Å²) in [5.41, 5.74) is 0. The summed E-state index contributed by atoms with van der Waals surface area (Å²) < 4.78 is 5.25. The van der Waals surface area contributed by atoms with Gasteiger partial charge in [0.15, 0.2) is 0 Å². The van der Waals surface area contributed by atoms with Crippen LogP contribution in [-0.2, 0) is 4.74 Å². The van der Waals surface area contributed by atoms with E-state index in [1.165, 1.54) is 0 Å². The molecular formula is C11H24N2O3. The summed E-state index contributed by atoms with van der Waals surface area (Å²) in [5.74, 6) is 0.449. The monoisotopic (exact) mass is 232 g/mol. The van der Waals surface area contributed by atoms with Gasteiger partial charge < -0.3 is 20.5 Å². The average molecular weight is 232 g/mol. The lowest BCUT2D eigenvalue weighted by molar-refractivity contribution is 0.0272. The topological polar surface area (TPSA) is 70.6 Å². The molecule has 5 nitrogen and oxygen atoms in total. The molecule has 96 valence electrons. The number of rotatable bonds is 7. The smallest absolute Gasteiger partial charge is 0.315 e. The van der Waals surface area contributed by atoms with Crippen molar-refractivity contribution >= 4 is 6.03 Å². The van der Waals surface area contributed by atoms with E-state index in [0.29, 0.717) is 12.5 Å². The first-order chi connectivity index (χ1) is 7.41. The molecule has 0 aromatic rings. The maximum absolute atomic E-state index is 11.2. The Balaban J connectivity index is 3.49. The van der Waals surface area contributed by atoms with Crippen molar-refractivity contribution in [1.29, 1.82) is 0 Å². The van der Waals surface area contributed by atoms with Crippen LogP contribution in [0.25, 0.3) is 0 Å². The summed E-state index contributed by atoms with van der Waals surface area (Å²) in [5, 5.41) is 14.7. The minimum absolute atomic E-state index is 0.0920. The molecule has 0 saturated heterocycles. The van der Waals surface area contributed by atoms with Crippen LogP contribution in [0.3, 0.4) is 0 Å². The van der Waals surface area contributed by atoms with E-state index in [1.807, 2.05) is 27.7 Å². The third-order valence-corrected chi connectivity index (χ3v) is 1.68. The molecule has 3 N–H and O–H groups in total. The van der Waals surface area contributed by atoms with Crippen molar-refractivity contribution in [2.24, 2.45) is 5.92 Å². The highest BCUT2D eigenvalue weighted by atomic mass is 16.5. The van der Waals surface area contributed by atoms with E-state index in [-0.39, 0.29) is 25.2 Å². The number of carbonyl (C=O) groups is 1. The Morgan fingerprint density at radius 3 is 2.38 bits per heavy atom. The zero-order chi connectivity index (χ0) is 12.6. The number of hydrogen-bond acceptors (Lipinski definition) is 3. The fraction of sp³-hybridized carbons (Fsp3) is 0.909. The van der Waals surface area contributed by atoms with Gasteiger partial charge >= 0.3 is 6.03 Å². The van der Waals surface area contributed by atoms with Crippen molar-refractivity contribution in [2.75, 3.05) is 19.8 Å². The van der Waals surface area contributed by atoms with Gasteiger partial charge in [-0.15, -0.1) is 0 Å². The lowest BCUT2D eigenvalue weighted by atomic mass is 10.2. The molecule has 1 unspecified atom stereocenters. The number of aliphatic hydroxyl groups excluding tert-OH is 1. The van der Waals surface area contributed by atoms with Crippen LogP contribution in [0, 0.1) is 5.92 Å². The molecule has 0 aliphatic carbocycles. The first kappa shape index (κ1) is 15.2. The summed E-state index contributed by atoms with van der Waals surface area (Å²) in [4.78, 5) is 11.2. The van der Waals surface area contributed by atoms with Crippen molar-refractivity contribution in [3.8, 4) is 0 Å². The van der Waals surface area contributed by atoms with Crippen LogP contribution in [0.5, 0.6) is 0 Å². The largest absolute Gasteiger partial charge is 0.389 e. The zero-order valence-corrected chi connectivity index (χ0v) is 10.6. The second kappa shape index (κ2) is 8.35. The molecule has 0 spiro atoms.